The molecule has 3 rings (SSSR count). The molecule has 108 valence electrons. The van der Waals surface area contributed by atoms with Crippen LogP contribution in [0.3, 0.4) is 0 Å². The van der Waals surface area contributed by atoms with Crippen LogP contribution in [0, 0.1) is 5.92 Å². The zero-order valence-electron chi connectivity index (χ0n) is 12.1. The lowest BCUT2D eigenvalue weighted by atomic mass is 9.86. The lowest BCUT2D eigenvalue weighted by Crippen LogP contribution is -2.19. The van der Waals surface area contributed by atoms with E-state index in [0.717, 1.165) is 18.3 Å². The van der Waals surface area contributed by atoms with E-state index in [0.29, 0.717) is 27.3 Å². The third-order valence-electron chi connectivity index (χ3n) is 4.30. The summed E-state index contributed by atoms with van der Waals surface area (Å²) in [4.78, 5) is 0. The summed E-state index contributed by atoms with van der Waals surface area (Å²) in [6.07, 6.45) is 6.83. The number of fused-ring (bicyclic) bond motifs is 1. The van der Waals surface area contributed by atoms with E-state index >= 15 is 0 Å². The molecule has 3 nitrogen and oxygen atoms in total. The van der Waals surface area contributed by atoms with Crippen LogP contribution in [-0.4, -0.2) is 27.3 Å². The summed E-state index contributed by atoms with van der Waals surface area (Å²) < 4.78 is 17.0. The highest BCUT2D eigenvalue weighted by Gasteiger charge is 2.17. The molecule has 1 aromatic carbocycles. The summed E-state index contributed by atoms with van der Waals surface area (Å²) >= 11 is 0. The van der Waals surface area contributed by atoms with E-state index in [-0.39, 0.29) is 0 Å². The zero-order valence-corrected chi connectivity index (χ0v) is 12.1. The Morgan fingerprint density at radius 1 is 1.15 bits per heavy atom. The highest BCUT2D eigenvalue weighted by atomic mass is 16.5. The summed E-state index contributed by atoms with van der Waals surface area (Å²) in [7, 11) is 0.675. The van der Waals surface area contributed by atoms with Crippen LogP contribution in [0.15, 0.2) is 18.2 Å². The molecule has 0 saturated heterocycles. The Balaban J connectivity index is 1.37. The first-order valence-electron chi connectivity index (χ1n) is 7.82. The predicted octanol–water partition coefficient (Wildman–Crippen LogP) is 2.17. The summed E-state index contributed by atoms with van der Waals surface area (Å²) in [5.41, 5.74) is 2.46. The van der Waals surface area contributed by atoms with Crippen molar-refractivity contribution in [1.29, 1.82) is 0 Å². The molecule has 0 N–H and O–H groups in total. The van der Waals surface area contributed by atoms with Crippen molar-refractivity contribution in [2.24, 2.45) is 5.92 Å². The Morgan fingerprint density at radius 3 is 2.95 bits per heavy atom. The fraction of sp³-hybridized carbons (Fsp3) is 0.625. The van der Waals surface area contributed by atoms with Gasteiger partial charge in [-0.25, -0.2) is 0 Å². The van der Waals surface area contributed by atoms with Crippen LogP contribution in [0.2, 0.25) is 0 Å². The minimum atomic E-state index is 0.628. The van der Waals surface area contributed by atoms with E-state index in [1.165, 1.54) is 43.1 Å². The van der Waals surface area contributed by atoms with Gasteiger partial charge in [0.15, 0.2) is 0 Å². The number of hydrogen-bond acceptors (Lipinski definition) is 3. The second kappa shape index (κ2) is 7.14. The second-order valence-electron chi connectivity index (χ2n) is 5.81. The normalized spacial score (nSPS) is 18.6. The van der Waals surface area contributed by atoms with Crippen molar-refractivity contribution in [3.63, 3.8) is 0 Å². The number of hydrogen-bond donors (Lipinski definition) is 0. The molecule has 1 saturated carbocycles. The highest BCUT2D eigenvalue weighted by Crippen LogP contribution is 2.23. The molecule has 0 spiro atoms. The van der Waals surface area contributed by atoms with E-state index in [9.17, 15) is 0 Å². The molecule has 1 aliphatic carbocycles. The van der Waals surface area contributed by atoms with Gasteiger partial charge >= 0.3 is 7.48 Å². The van der Waals surface area contributed by atoms with Gasteiger partial charge in [0.25, 0.3) is 0 Å². The number of ether oxygens (including phenoxy) is 2. The molecule has 2 aliphatic rings. The van der Waals surface area contributed by atoms with E-state index in [4.69, 9.17) is 14.1 Å². The smallest absolute Gasteiger partial charge is 0.313 e. The van der Waals surface area contributed by atoms with E-state index in [1.807, 2.05) is 12.1 Å². The van der Waals surface area contributed by atoms with Crippen LogP contribution >= 0.6 is 0 Å². The number of rotatable bonds is 6. The fourth-order valence-corrected chi connectivity index (χ4v) is 3.12. The molecule has 1 aromatic rings. The molecule has 0 bridgehead atoms. The predicted molar refractivity (Wildman–Crippen MR) is 80.9 cm³/mol. The average Bonchev–Trinajstić information content (AvgIpc) is 2.97. The Morgan fingerprint density at radius 2 is 2.05 bits per heavy atom. The molecule has 0 radical (unpaired) electrons. The Labute approximate surface area is 121 Å². The van der Waals surface area contributed by atoms with Crippen LogP contribution in [0.25, 0.3) is 0 Å². The summed E-state index contributed by atoms with van der Waals surface area (Å²) in [6, 6.07) is 6.16. The quantitative estimate of drug-likeness (QED) is 0.587. The van der Waals surface area contributed by atoms with Gasteiger partial charge in [-0.15, -0.1) is 0 Å². The maximum Gasteiger partial charge on any atom is 0.313 e. The van der Waals surface area contributed by atoms with Crippen molar-refractivity contribution in [3.8, 4) is 5.75 Å². The maximum absolute atomic E-state index is 5.83. The molecular formula is C16H23BO3. The zero-order chi connectivity index (χ0) is 13.6. The van der Waals surface area contributed by atoms with Crippen molar-refractivity contribution in [1.82, 2.24) is 0 Å². The molecule has 20 heavy (non-hydrogen) atoms. The first-order valence-corrected chi connectivity index (χ1v) is 7.82. The average molecular weight is 274 g/mol. The molecular weight excluding hydrogens is 251 g/mol. The first-order chi connectivity index (χ1) is 9.93. The number of benzene rings is 1. The van der Waals surface area contributed by atoms with Gasteiger partial charge in [0.2, 0.25) is 0 Å². The molecule has 1 aliphatic heterocycles. The SMILES string of the molecule is B1OCc2cccc(OCCOCC3CCCCC3)c21. The van der Waals surface area contributed by atoms with Crippen molar-refractivity contribution in [3.05, 3.63) is 23.8 Å². The summed E-state index contributed by atoms with van der Waals surface area (Å²) in [5, 5.41) is 0. The van der Waals surface area contributed by atoms with Crippen LogP contribution in [0.4, 0.5) is 0 Å². The fourth-order valence-electron chi connectivity index (χ4n) is 3.12. The standard InChI is InChI=1S/C16H23BO3/c1-2-5-13(6-3-1)11-18-9-10-19-15-8-4-7-14-12-20-17-16(14)15/h4,7-8,13,17H,1-3,5-6,9-12H2. The Hall–Kier alpha value is -0.995. The van der Waals surface area contributed by atoms with Gasteiger partial charge < -0.3 is 14.1 Å². The van der Waals surface area contributed by atoms with Crippen LogP contribution < -0.4 is 10.2 Å². The largest absolute Gasteiger partial charge is 0.492 e. The van der Waals surface area contributed by atoms with E-state index < -0.39 is 0 Å². The molecule has 1 fully saturated rings. The van der Waals surface area contributed by atoms with Crippen LogP contribution in [0.1, 0.15) is 37.7 Å². The van der Waals surface area contributed by atoms with Gasteiger partial charge in [0, 0.05) is 6.61 Å². The monoisotopic (exact) mass is 274 g/mol. The lowest BCUT2D eigenvalue weighted by Gasteiger charge is -2.21. The summed E-state index contributed by atoms with van der Waals surface area (Å²) in [6.45, 7) is 2.92. The van der Waals surface area contributed by atoms with Gasteiger partial charge in [-0.1, -0.05) is 31.4 Å². The van der Waals surface area contributed by atoms with Crippen LogP contribution in [-0.2, 0) is 16.0 Å². The minimum absolute atomic E-state index is 0.628. The van der Waals surface area contributed by atoms with Crippen molar-refractivity contribution in [2.45, 2.75) is 38.7 Å². The molecule has 1 heterocycles. The van der Waals surface area contributed by atoms with Gasteiger partial charge in [-0.05, 0) is 35.9 Å². The second-order valence-corrected chi connectivity index (χ2v) is 5.81. The molecule has 4 heteroatoms. The van der Waals surface area contributed by atoms with Crippen molar-refractivity contribution < 1.29 is 14.1 Å². The highest BCUT2D eigenvalue weighted by molar-refractivity contribution is 6.50. The third-order valence-corrected chi connectivity index (χ3v) is 4.30. The molecule has 0 amide bonds. The first kappa shape index (κ1) is 14.0. The molecule has 0 unspecified atom stereocenters. The van der Waals surface area contributed by atoms with Gasteiger partial charge in [0.05, 0.1) is 13.2 Å². The van der Waals surface area contributed by atoms with Crippen LogP contribution in [0.5, 0.6) is 5.75 Å². The van der Waals surface area contributed by atoms with Crippen molar-refractivity contribution >= 4 is 12.9 Å². The Bertz CT molecular complexity index is 430. The van der Waals surface area contributed by atoms with E-state index in [2.05, 4.69) is 6.07 Å². The van der Waals surface area contributed by atoms with Crippen molar-refractivity contribution in [2.75, 3.05) is 19.8 Å². The maximum atomic E-state index is 5.83. The topological polar surface area (TPSA) is 27.7 Å². The third kappa shape index (κ3) is 3.55. The van der Waals surface area contributed by atoms with Gasteiger partial charge in [-0.3, -0.25) is 0 Å². The Kier molecular flexibility index (Phi) is 4.98. The summed E-state index contributed by atoms with van der Waals surface area (Å²) in [5.74, 6) is 1.74. The molecule has 0 atom stereocenters. The van der Waals surface area contributed by atoms with Gasteiger partial charge in [-0.2, -0.15) is 0 Å². The van der Waals surface area contributed by atoms with E-state index in [1.54, 1.807) is 0 Å². The lowest BCUT2D eigenvalue weighted by molar-refractivity contribution is 0.0637. The molecule has 0 aromatic heterocycles. The van der Waals surface area contributed by atoms with Gasteiger partial charge in [0.1, 0.15) is 12.4 Å². The minimum Gasteiger partial charge on any atom is -0.492 e.